The van der Waals surface area contributed by atoms with Crippen LogP contribution in [0.15, 0.2) is 47.4 Å². The summed E-state index contributed by atoms with van der Waals surface area (Å²) < 4.78 is 38.1. The van der Waals surface area contributed by atoms with Gasteiger partial charge in [-0.15, -0.1) is 0 Å². The third-order valence-corrected chi connectivity index (χ3v) is 5.75. The molecule has 0 saturated carbocycles. The van der Waals surface area contributed by atoms with Gasteiger partial charge in [0.25, 0.3) is 10.1 Å². The first-order chi connectivity index (χ1) is 13.9. The van der Waals surface area contributed by atoms with Gasteiger partial charge in [-0.1, -0.05) is 82.2 Å². The Morgan fingerprint density at radius 1 is 0.900 bits per heavy atom. The normalized spacial score (nSPS) is 11.1. The van der Waals surface area contributed by atoms with E-state index in [9.17, 15) is 18.1 Å². The van der Waals surface area contributed by atoms with Crippen molar-refractivity contribution in [3.63, 3.8) is 0 Å². The molecule has 2 aromatic carbocycles. The maximum Gasteiger partial charge on any atom is 1.00 e. The zero-order chi connectivity index (χ0) is 21.1. The second kappa shape index (κ2) is 14.1. The molecule has 0 atom stereocenters. The molecule has 160 valence electrons. The van der Waals surface area contributed by atoms with Gasteiger partial charge in [-0.2, -0.15) is 8.42 Å². The number of benzene rings is 2. The van der Waals surface area contributed by atoms with Crippen LogP contribution in [0.5, 0.6) is 17.2 Å². The van der Waals surface area contributed by atoms with E-state index in [0.29, 0.717) is 17.7 Å². The van der Waals surface area contributed by atoms with Crippen LogP contribution in [-0.4, -0.2) is 13.0 Å². The summed E-state index contributed by atoms with van der Waals surface area (Å²) in [6, 6.07) is 11.2. The van der Waals surface area contributed by atoms with Gasteiger partial charge in [-0.05, 0) is 42.7 Å². The molecule has 1 N–H and O–H groups in total. The van der Waals surface area contributed by atoms with Crippen LogP contribution in [0.25, 0.3) is 0 Å². The fraction of sp³-hybridized carbons (Fsp3) is 0.478. The van der Waals surface area contributed by atoms with Crippen molar-refractivity contribution >= 4 is 10.1 Å². The molecule has 2 rings (SSSR count). The molecule has 5 nitrogen and oxygen atoms in total. The van der Waals surface area contributed by atoms with Gasteiger partial charge >= 0.3 is 29.6 Å². The van der Waals surface area contributed by atoms with Crippen molar-refractivity contribution in [2.24, 2.45) is 0 Å². The number of aryl methyl sites for hydroxylation is 1. The molecule has 7 heteroatoms. The monoisotopic (exact) mass is 442 g/mol. The van der Waals surface area contributed by atoms with E-state index in [1.54, 1.807) is 24.3 Å². The first-order valence-electron chi connectivity index (χ1n) is 10.5. The van der Waals surface area contributed by atoms with Gasteiger partial charge in [-0.25, -0.2) is 0 Å². The Morgan fingerprint density at radius 2 is 1.47 bits per heavy atom. The first kappa shape index (κ1) is 27.0. The summed E-state index contributed by atoms with van der Waals surface area (Å²) in [5.41, 5.74) is 0.511. The molecule has 0 aliphatic carbocycles. The maximum absolute atomic E-state index is 12.5. The van der Waals surface area contributed by atoms with E-state index >= 15 is 0 Å². The summed E-state index contributed by atoms with van der Waals surface area (Å²) in [6.45, 7) is 2.21. The molecule has 0 heterocycles. The third kappa shape index (κ3) is 9.40. The van der Waals surface area contributed by atoms with Gasteiger partial charge in [0.05, 0.1) is 4.90 Å². The van der Waals surface area contributed by atoms with E-state index in [4.69, 9.17) is 4.74 Å². The average Bonchev–Trinajstić information content (AvgIpc) is 2.69. The van der Waals surface area contributed by atoms with Crippen molar-refractivity contribution < 1.29 is 52.4 Å². The number of unbranched alkanes of at least 4 members (excludes halogenated alkanes) is 8. The minimum absolute atomic E-state index is 0. The van der Waals surface area contributed by atoms with Gasteiger partial charge in [0.15, 0.2) is 0 Å². The Morgan fingerprint density at radius 3 is 2.03 bits per heavy atom. The first-order valence-corrected chi connectivity index (χ1v) is 11.9. The minimum atomic E-state index is -4.44. The Labute approximate surface area is 202 Å². The summed E-state index contributed by atoms with van der Waals surface area (Å²) in [7, 11) is -4.44. The van der Waals surface area contributed by atoms with Crippen molar-refractivity contribution in [1.29, 1.82) is 0 Å². The number of hydrogen-bond donors (Lipinski definition) is 1. The van der Waals surface area contributed by atoms with Crippen LogP contribution in [-0.2, 0) is 16.5 Å². The second-order valence-corrected chi connectivity index (χ2v) is 8.80. The van der Waals surface area contributed by atoms with Crippen LogP contribution < -0.4 is 39.4 Å². The van der Waals surface area contributed by atoms with Crippen molar-refractivity contribution in [2.45, 2.75) is 76.0 Å². The van der Waals surface area contributed by atoms with E-state index in [2.05, 4.69) is 6.92 Å². The molecule has 0 radical (unpaired) electrons. The van der Waals surface area contributed by atoms with Gasteiger partial charge in [0.2, 0.25) is 0 Å². The molecule has 0 fully saturated rings. The Balaban J connectivity index is 0.00000450. The zero-order valence-corrected chi connectivity index (χ0v) is 20.9. The fourth-order valence-corrected chi connectivity index (χ4v) is 3.86. The van der Waals surface area contributed by atoms with Crippen molar-refractivity contribution in [3.05, 3.63) is 48.0 Å². The predicted octanol–water partition coefficient (Wildman–Crippen LogP) is 2.88. The van der Waals surface area contributed by atoms with Crippen molar-refractivity contribution in [2.75, 3.05) is 0 Å². The van der Waals surface area contributed by atoms with E-state index in [1.807, 2.05) is 6.07 Å². The number of hydrogen-bond acceptors (Lipinski definition) is 4. The van der Waals surface area contributed by atoms with Gasteiger partial charge in [-0.3, -0.25) is 4.55 Å². The summed E-state index contributed by atoms with van der Waals surface area (Å²) >= 11 is 0. The van der Waals surface area contributed by atoms with Crippen LogP contribution in [0.1, 0.15) is 70.3 Å². The van der Waals surface area contributed by atoms with Crippen molar-refractivity contribution in [1.82, 2.24) is 0 Å². The van der Waals surface area contributed by atoms with E-state index in [-0.39, 0.29) is 40.2 Å². The molecule has 0 aliphatic heterocycles. The van der Waals surface area contributed by atoms with Gasteiger partial charge in [0.1, 0.15) is 11.5 Å². The third-order valence-electron chi connectivity index (χ3n) is 4.92. The van der Waals surface area contributed by atoms with Crippen molar-refractivity contribution in [3.8, 4) is 17.2 Å². The molecule has 0 aromatic heterocycles. The molecule has 30 heavy (non-hydrogen) atoms. The molecule has 0 amide bonds. The standard InChI is InChI=1S/C23H32O5S.Na/c1-2-3-4-5-6-7-8-9-11-14-19-17-21(29(25,26)27)18-22(24)23(19)28-20-15-12-10-13-16-20;/h10,12-13,15-18,24H,2-9,11,14H2,1H3,(H,25,26,27);/q;+1/p-1. The Hall–Kier alpha value is -1.05. The molecule has 0 saturated heterocycles. The van der Waals surface area contributed by atoms with Gasteiger partial charge in [0, 0.05) is 0 Å². The van der Waals surface area contributed by atoms with Crippen LogP contribution in [0.4, 0.5) is 0 Å². The molecule has 0 unspecified atom stereocenters. The van der Waals surface area contributed by atoms with Crippen LogP contribution >= 0.6 is 0 Å². The maximum atomic E-state index is 12.5. The summed E-state index contributed by atoms with van der Waals surface area (Å²) in [4.78, 5) is -0.381. The molecular formula is C23H31NaO5S. The topological polar surface area (TPSA) is 86.7 Å². The molecule has 2 aromatic rings. The molecule has 0 spiro atoms. The van der Waals surface area contributed by atoms with Crippen LogP contribution in [0.3, 0.4) is 0 Å². The summed E-state index contributed by atoms with van der Waals surface area (Å²) in [6.07, 6.45) is 11.0. The quantitative estimate of drug-likeness (QED) is 0.293. The van der Waals surface area contributed by atoms with E-state index < -0.39 is 15.9 Å². The minimum Gasteiger partial charge on any atom is -0.870 e. The fourth-order valence-electron chi connectivity index (χ4n) is 3.31. The molecular weight excluding hydrogens is 411 g/mol. The van der Waals surface area contributed by atoms with Crippen LogP contribution in [0.2, 0.25) is 0 Å². The second-order valence-electron chi connectivity index (χ2n) is 7.38. The van der Waals surface area contributed by atoms with E-state index in [1.165, 1.54) is 44.6 Å². The largest absolute Gasteiger partial charge is 1.00 e. The Bertz CT molecular complexity index is 853. The number of para-hydroxylation sites is 1. The predicted molar refractivity (Wildman–Crippen MR) is 113 cm³/mol. The van der Waals surface area contributed by atoms with E-state index in [0.717, 1.165) is 25.3 Å². The summed E-state index contributed by atoms with van der Waals surface area (Å²) in [5.74, 6) is 0.0932. The van der Waals surface area contributed by atoms with Crippen LogP contribution in [0, 0.1) is 0 Å². The SMILES string of the molecule is CCCCCCCCCCCc1cc(S(=O)(=O)O)cc([O-])c1Oc1ccccc1.[Na+]. The molecule has 0 aliphatic rings. The number of ether oxygens (including phenoxy) is 1. The smallest absolute Gasteiger partial charge is 0.870 e. The van der Waals surface area contributed by atoms with Gasteiger partial charge < -0.3 is 9.84 Å². The number of rotatable bonds is 13. The molecule has 0 bridgehead atoms. The summed E-state index contributed by atoms with van der Waals surface area (Å²) in [5, 5.41) is 12.5. The Kier molecular flexibility index (Phi) is 12.7. The average molecular weight is 443 g/mol. The zero-order valence-electron chi connectivity index (χ0n) is 18.1.